The maximum absolute atomic E-state index is 11.6. The maximum Gasteiger partial charge on any atom is 0.316 e. The van der Waals surface area contributed by atoms with E-state index in [1.165, 1.54) is 0 Å². The van der Waals surface area contributed by atoms with E-state index >= 15 is 0 Å². The van der Waals surface area contributed by atoms with Gasteiger partial charge in [0.15, 0.2) is 11.5 Å². The molecule has 1 heterocycles. The Labute approximate surface area is 88.0 Å². The number of aryl methyl sites for hydroxylation is 2. The molecule has 1 aliphatic heterocycles. The second kappa shape index (κ2) is 3.06. The number of hydrogen-bond donors (Lipinski definition) is 0. The molecular weight excluding hydrogens is 216 g/mol. The number of carbonyl (C=O) groups excluding carboxylic acids is 1. The van der Waals surface area contributed by atoms with Crippen molar-refractivity contribution in [2.75, 3.05) is 5.75 Å². The lowest BCUT2D eigenvalue weighted by Crippen LogP contribution is -2.27. The highest BCUT2D eigenvalue weighted by Gasteiger charge is 2.30. The van der Waals surface area contributed by atoms with Gasteiger partial charge in [0.25, 0.3) is 0 Å². The van der Waals surface area contributed by atoms with Crippen LogP contribution < -0.4 is 4.18 Å². The van der Waals surface area contributed by atoms with Gasteiger partial charge in [0.2, 0.25) is 0 Å². The molecule has 0 N–H and O–H groups in total. The van der Waals surface area contributed by atoms with E-state index in [1.54, 1.807) is 13.0 Å². The lowest BCUT2D eigenvalue weighted by molar-refractivity contribution is 0.101. The summed E-state index contributed by atoms with van der Waals surface area (Å²) in [6.07, 6.45) is 0. The zero-order valence-electron chi connectivity index (χ0n) is 8.40. The number of hydrogen-bond acceptors (Lipinski definition) is 4. The van der Waals surface area contributed by atoms with Crippen LogP contribution in [0.4, 0.5) is 0 Å². The highest BCUT2D eigenvalue weighted by molar-refractivity contribution is 7.88. The van der Waals surface area contributed by atoms with Gasteiger partial charge < -0.3 is 4.18 Å². The molecule has 0 radical (unpaired) electrons. The van der Waals surface area contributed by atoms with Crippen molar-refractivity contribution in [1.29, 1.82) is 0 Å². The molecule has 0 unspecified atom stereocenters. The Morgan fingerprint density at radius 2 is 1.93 bits per heavy atom. The molecule has 0 amide bonds. The van der Waals surface area contributed by atoms with Crippen molar-refractivity contribution >= 4 is 15.9 Å². The van der Waals surface area contributed by atoms with Gasteiger partial charge in [0.05, 0.1) is 5.56 Å². The third-order valence-corrected chi connectivity index (χ3v) is 3.30. The van der Waals surface area contributed by atoms with Crippen LogP contribution in [0.25, 0.3) is 0 Å². The van der Waals surface area contributed by atoms with E-state index in [0.29, 0.717) is 5.56 Å². The quantitative estimate of drug-likeness (QED) is 0.624. The van der Waals surface area contributed by atoms with Gasteiger partial charge in [-0.2, -0.15) is 8.42 Å². The Hall–Kier alpha value is -1.36. The second-order valence-corrected chi connectivity index (χ2v) is 5.23. The molecule has 0 aliphatic carbocycles. The first-order chi connectivity index (χ1) is 6.89. The molecule has 0 fully saturated rings. The molecule has 1 aliphatic rings. The van der Waals surface area contributed by atoms with E-state index in [9.17, 15) is 13.2 Å². The first-order valence-corrected chi connectivity index (χ1v) is 6.03. The average molecular weight is 226 g/mol. The Kier molecular flexibility index (Phi) is 2.08. The molecule has 4 nitrogen and oxygen atoms in total. The summed E-state index contributed by atoms with van der Waals surface area (Å²) in [5.74, 6) is -0.804. The number of Topliss-reactive ketones (excluding diaryl/α,β-unsaturated/α-hetero) is 1. The van der Waals surface area contributed by atoms with Crippen LogP contribution in [0.1, 0.15) is 21.5 Å². The van der Waals surface area contributed by atoms with Crippen molar-refractivity contribution in [3.05, 3.63) is 28.8 Å². The fourth-order valence-corrected chi connectivity index (χ4v) is 2.68. The number of rotatable bonds is 0. The Morgan fingerprint density at radius 3 is 2.60 bits per heavy atom. The fraction of sp³-hybridized carbons (Fsp3) is 0.300. The number of fused-ring (bicyclic) bond motifs is 1. The van der Waals surface area contributed by atoms with Crippen LogP contribution in [-0.4, -0.2) is 20.0 Å². The predicted octanol–water partition coefficient (Wildman–Crippen LogP) is 1.21. The molecule has 0 aromatic heterocycles. The minimum absolute atomic E-state index is 0.156. The van der Waals surface area contributed by atoms with Crippen molar-refractivity contribution < 1.29 is 17.4 Å². The standard InChI is InChI=1S/C10H10O4S/c1-6-3-7(2)10-8(11)5-15(12,13)14-9(10)4-6/h3-4H,5H2,1-2H3. The summed E-state index contributed by atoms with van der Waals surface area (Å²) in [5, 5.41) is 0. The molecule has 0 saturated carbocycles. The second-order valence-electron chi connectivity index (χ2n) is 3.66. The number of carbonyl (C=O) groups is 1. The average Bonchev–Trinajstić information content (AvgIpc) is 1.97. The summed E-state index contributed by atoms with van der Waals surface area (Å²) in [4.78, 5) is 11.6. The van der Waals surface area contributed by atoms with Crippen molar-refractivity contribution in [2.24, 2.45) is 0 Å². The Bertz CT molecular complexity index is 543. The molecular formula is C10H10O4S. The molecule has 5 heteroatoms. The van der Waals surface area contributed by atoms with Crippen molar-refractivity contribution in [1.82, 2.24) is 0 Å². The van der Waals surface area contributed by atoms with Crippen LogP contribution in [0.5, 0.6) is 5.75 Å². The van der Waals surface area contributed by atoms with Crippen LogP contribution in [-0.2, 0) is 10.1 Å². The van der Waals surface area contributed by atoms with Crippen molar-refractivity contribution in [3.63, 3.8) is 0 Å². The lowest BCUT2D eigenvalue weighted by Gasteiger charge is -2.18. The summed E-state index contributed by atoms with van der Waals surface area (Å²) in [6.45, 7) is 3.59. The van der Waals surface area contributed by atoms with Crippen LogP contribution >= 0.6 is 0 Å². The smallest absolute Gasteiger partial charge is 0.316 e. The lowest BCUT2D eigenvalue weighted by atomic mass is 10.0. The molecule has 80 valence electrons. The van der Waals surface area contributed by atoms with Crippen LogP contribution in [0, 0.1) is 13.8 Å². The van der Waals surface area contributed by atoms with Gasteiger partial charge in [-0.15, -0.1) is 0 Å². The SMILES string of the molecule is Cc1cc(C)c2c(c1)OS(=O)(=O)CC2=O. The molecule has 0 atom stereocenters. The zero-order valence-corrected chi connectivity index (χ0v) is 9.22. The molecule has 1 aromatic carbocycles. The van der Waals surface area contributed by atoms with Gasteiger partial charge >= 0.3 is 10.1 Å². The predicted molar refractivity (Wildman–Crippen MR) is 54.7 cm³/mol. The molecule has 1 aromatic rings. The van der Waals surface area contributed by atoms with Gasteiger partial charge in [-0.1, -0.05) is 6.07 Å². The van der Waals surface area contributed by atoms with E-state index in [0.717, 1.165) is 11.1 Å². The minimum atomic E-state index is -3.73. The Morgan fingerprint density at radius 1 is 1.27 bits per heavy atom. The summed E-state index contributed by atoms with van der Waals surface area (Å²) < 4.78 is 27.2. The number of ketones is 1. The third kappa shape index (κ3) is 1.74. The third-order valence-electron chi connectivity index (χ3n) is 2.25. The molecule has 0 saturated heterocycles. The highest BCUT2D eigenvalue weighted by atomic mass is 32.2. The molecule has 0 bridgehead atoms. The van der Waals surface area contributed by atoms with Gasteiger partial charge in [0, 0.05) is 0 Å². The number of benzene rings is 1. The summed E-state index contributed by atoms with van der Waals surface area (Å²) >= 11 is 0. The topological polar surface area (TPSA) is 60.4 Å². The minimum Gasteiger partial charge on any atom is -0.381 e. The zero-order chi connectivity index (χ0) is 11.2. The van der Waals surface area contributed by atoms with Crippen LogP contribution in [0.2, 0.25) is 0 Å². The summed E-state index contributed by atoms with van der Waals surface area (Å²) in [5.41, 5.74) is 2.01. The Balaban J connectivity index is 2.70. The van der Waals surface area contributed by atoms with Gasteiger partial charge in [0.1, 0.15) is 5.75 Å². The van der Waals surface area contributed by atoms with Crippen molar-refractivity contribution in [2.45, 2.75) is 13.8 Å². The largest absolute Gasteiger partial charge is 0.381 e. The monoisotopic (exact) mass is 226 g/mol. The highest BCUT2D eigenvalue weighted by Crippen LogP contribution is 2.30. The summed E-state index contributed by atoms with van der Waals surface area (Å²) in [7, 11) is -3.73. The van der Waals surface area contributed by atoms with E-state index in [1.807, 2.05) is 13.0 Å². The van der Waals surface area contributed by atoms with Gasteiger partial charge in [-0.3, -0.25) is 4.79 Å². The fourth-order valence-electron chi connectivity index (χ4n) is 1.75. The van der Waals surface area contributed by atoms with E-state index < -0.39 is 21.7 Å². The summed E-state index contributed by atoms with van der Waals surface area (Å²) in [6, 6.07) is 3.40. The van der Waals surface area contributed by atoms with E-state index in [2.05, 4.69) is 0 Å². The normalized spacial score (nSPS) is 18.1. The van der Waals surface area contributed by atoms with E-state index in [-0.39, 0.29) is 5.75 Å². The first kappa shape index (κ1) is 10.2. The maximum atomic E-state index is 11.6. The first-order valence-electron chi connectivity index (χ1n) is 4.46. The molecule has 2 rings (SSSR count). The van der Waals surface area contributed by atoms with Crippen LogP contribution in [0.3, 0.4) is 0 Å². The van der Waals surface area contributed by atoms with E-state index in [4.69, 9.17) is 4.18 Å². The van der Waals surface area contributed by atoms with Gasteiger partial charge in [-0.05, 0) is 31.0 Å². The van der Waals surface area contributed by atoms with Crippen LogP contribution in [0.15, 0.2) is 12.1 Å². The molecule has 15 heavy (non-hydrogen) atoms. The van der Waals surface area contributed by atoms with Gasteiger partial charge in [-0.25, -0.2) is 0 Å². The molecule has 0 spiro atoms. The van der Waals surface area contributed by atoms with Crippen molar-refractivity contribution in [3.8, 4) is 5.75 Å².